The van der Waals surface area contributed by atoms with E-state index >= 15 is 0 Å². The van der Waals surface area contributed by atoms with Gasteiger partial charge >= 0.3 is 0 Å². The van der Waals surface area contributed by atoms with Gasteiger partial charge in [-0.05, 0) is 12.5 Å². The molecule has 0 saturated carbocycles. The fraction of sp³-hybridized carbons (Fsp3) is 0.357. The summed E-state index contributed by atoms with van der Waals surface area (Å²) in [6, 6.07) is 9.74. The van der Waals surface area contributed by atoms with Gasteiger partial charge in [-0.25, -0.2) is 13.4 Å². The van der Waals surface area contributed by atoms with Gasteiger partial charge < -0.3 is 4.57 Å². The smallest absolute Gasteiger partial charge is 0.263 e. The number of aryl methyl sites for hydroxylation is 2. The highest BCUT2D eigenvalue weighted by Gasteiger charge is 2.38. The first-order valence-corrected chi connectivity index (χ1v) is 9.17. The minimum Gasteiger partial charge on any atom is -0.337 e. The zero-order chi connectivity index (χ0) is 15.0. The average Bonchev–Trinajstić information content (AvgIpc) is 3.08. The SMILES string of the molecule is Cc1nc(S(=O)(=O)N2CCSC2c2ccccc2)cn1C. The van der Waals surface area contributed by atoms with Crippen molar-refractivity contribution in [1.82, 2.24) is 13.9 Å². The summed E-state index contributed by atoms with van der Waals surface area (Å²) in [5.41, 5.74) is 1.01. The maximum absolute atomic E-state index is 12.8. The van der Waals surface area contributed by atoms with E-state index in [-0.39, 0.29) is 10.4 Å². The van der Waals surface area contributed by atoms with E-state index in [2.05, 4.69) is 4.98 Å². The highest BCUT2D eigenvalue weighted by atomic mass is 32.2. The first-order valence-electron chi connectivity index (χ1n) is 6.68. The minimum absolute atomic E-state index is 0.130. The normalized spacial score (nSPS) is 20.0. The lowest BCUT2D eigenvalue weighted by atomic mass is 10.2. The average molecular weight is 323 g/mol. The number of nitrogens with zero attached hydrogens (tertiary/aromatic N) is 3. The van der Waals surface area contributed by atoms with Gasteiger partial charge in [-0.15, -0.1) is 11.8 Å². The Morgan fingerprint density at radius 3 is 2.62 bits per heavy atom. The molecule has 0 aliphatic carbocycles. The Bertz CT molecular complexity index is 721. The molecule has 2 aromatic rings. The minimum atomic E-state index is -3.56. The van der Waals surface area contributed by atoms with Crippen LogP contribution in [0.25, 0.3) is 0 Å². The molecule has 1 saturated heterocycles. The van der Waals surface area contributed by atoms with Gasteiger partial charge in [-0.3, -0.25) is 0 Å². The predicted octanol–water partition coefficient (Wildman–Crippen LogP) is 2.16. The van der Waals surface area contributed by atoms with Crippen molar-refractivity contribution in [1.29, 1.82) is 0 Å². The molecule has 0 radical (unpaired) electrons. The monoisotopic (exact) mass is 323 g/mol. The van der Waals surface area contributed by atoms with E-state index in [1.54, 1.807) is 40.8 Å². The molecule has 112 valence electrons. The largest absolute Gasteiger partial charge is 0.337 e. The van der Waals surface area contributed by atoms with E-state index in [0.29, 0.717) is 12.4 Å². The molecule has 1 aliphatic rings. The zero-order valence-corrected chi connectivity index (χ0v) is 13.6. The second-order valence-corrected chi connectivity index (χ2v) is 8.01. The fourth-order valence-corrected chi connectivity index (χ4v) is 5.62. The van der Waals surface area contributed by atoms with Gasteiger partial charge in [-0.1, -0.05) is 30.3 Å². The van der Waals surface area contributed by atoms with Gasteiger partial charge in [0.1, 0.15) is 5.82 Å². The third-order valence-electron chi connectivity index (χ3n) is 3.59. The van der Waals surface area contributed by atoms with Crippen molar-refractivity contribution in [2.75, 3.05) is 12.3 Å². The van der Waals surface area contributed by atoms with Crippen LogP contribution in [0.2, 0.25) is 0 Å². The van der Waals surface area contributed by atoms with Crippen LogP contribution in [0.5, 0.6) is 0 Å². The Morgan fingerprint density at radius 1 is 1.29 bits per heavy atom. The topological polar surface area (TPSA) is 55.2 Å². The summed E-state index contributed by atoms with van der Waals surface area (Å²) in [7, 11) is -1.76. The molecular weight excluding hydrogens is 306 g/mol. The predicted molar refractivity (Wildman–Crippen MR) is 83.5 cm³/mol. The second kappa shape index (κ2) is 5.47. The van der Waals surface area contributed by atoms with Crippen LogP contribution in [-0.4, -0.2) is 34.6 Å². The number of thioether (sulfide) groups is 1. The Morgan fingerprint density at radius 2 is 2.00 bits per heavy atom. The number of imidazole rings is 1. The molecule has 0 bridgehead atoms. The van der Waals surface area contributed by atoms with Gasteiger partial charge in [-0.2, -0.15) is 4.31 Å². The van der Waals surface area contributed by atoms with Crippen LogP contribution in [-0.2, 0) is 17.1 Å². The summed E-state index contributed by atoms with van der Waals surface area (Å²) in [5.74, 6) is 1.49. The first kappa shape index (κ1) is 14.6. The maximum Gasteiger partial charge on any atom is 0.263 e. The Kier molecular flexibility index (Phi) is 3.81. The highest BCUT2D eigenvalue weighted by Crippen LogP contribution is 2.40. The number of aromatic nitrogens is 2. The van der Waals surface area contributed by atoms with Crippen molar-refractivity contribution in [3.05, 3.63) is 47.9 Å². The molecular formula is C14H17N3O2S2. The highest BCUT2D eigenvalue weighted by molar-refractivity contribution is 8.00. The third kappa shape index (κ3) is 2.61. The summed E-state index contributed by atoms with van der Waals surface area (Å²) in [6.45, 7) is 2.31. The van der Waals surface area contributed by atoms with Gasteiger partial charge in [0.05, 0.1) is 5.37 Å². The van der Waals surface area contributed by atoms with Crippen LogP contribution in [0.4, 0.5) is 0 Å². The summed E-state index contributed by atoms with van der Waals surface area (Å²) in [4.78, 5) is 4.18. The molecule has 1 fully saturated rings. The number of hydrogen-bond acceptors (Lipinski definition) is 4. The van der Waals surface area contributed by atoms with E-state index in [9.17, 15) is 8.42 Å². The number of hydrogen-bond donors (Lipinski definition) is 0. The molecule has 3 rings (SSSR count). The Hall–Kier alpha value is -1.31. The molecule has 1 atom stereocenters. The molecule has 1 aliphatic heterocycles. The fourth-order valence-electron chi connectivity index (χ4n) is 2.35. The van der Waals surface area contributed by atoms with E-state index in [1.165, 1.54) is 0 Å². The van der Waals surface area contributed by atoms with Gasteiger partial charge in [0.2, 0.25) is 0 Å². The molecule has 7 heteroatoms. The lowest BCUT2D eigenvalue weighted by Gasteiger charge is -2.22. The van der Waals surface area contributed by atoms with Crippen molar-refractivity contribution in [3.8, 4) is 0 Å². The lowest BCUT2D eigenvalue weighted by Crippen LogP contribution is -2.30. The molecule has 0 spiro atoms. The summed E-state index contributed by atoms with van der Waals surface area (Å²) in [5, 5.41) is -0.0376. The maximum atomic E-state index is 12.8. The second-order valence-electron chi connectivity index (χ2n) is 4.99. The first-order chi connectivity index (χ1) is 10.00. The van der Waals surface area contributed by atoms with Crippen LogP contribution in [0.15, 0.2) is 41.6 Å². The standard InChI is InChI=1S/C14H17N3O2S2/c1-11-15-13(10-16(11)2)21(18,19)17-8-9-20-14(17)12-6-4-3-5-7-12/h3-7,10,14H,8-9H2,1-2H3. The molecule has 5 nitrogen and oxygen atoms in total. The molecule has 2 heterocycles. The zero-order valence-electron chi connectivity index (χ0n) is 11.9. The Labute approximate surface area is 129 Å². The molecule has 0 amide bonds. The van der Waals surface area contributed by atoms with E-state index in [4.69, 9.17) is 0 Å². The number of rotatable bonds is 3. The summed E-state index contributed by atoms with van der Waals surface area (Å²) in [6.07, 6.45) is 1.58. The molecule has 1 unspecified atom stereocenters. The van der Waals surface area contributed by atoms with Crippen molar-refractivity contribution in [2.45, 2.75) is 17.3 Å². The quantitative estimate of drug-likeness (QED) is 0.868. The molecule has 1 aromatic carbocycles. The molecule has 1 aromatic heterocycles. The van der Waals surface area contributed by atoms with E-state index < -0.39 is 10.0 Å². The summed E-state index contributed by atoms with van der Waals surface area (Å²) < 4.78 is 28.9. The van der Waals surface area contributed by atoms with Crippen LogP contribution in [0.1, 0.15) is 16.8 Å². The van der Waals surface area contributed by atoms with E-state index in [1.807, 2.05) is 30.3 Å². The van der Waals surface area contributed by atoms with Gasteiger partial charge in [0, 0.05) is 25.5 Å². The van der Waals surface area contributed by atoms with Crippen LogP contribution >= 0.6 is 11.8 Å². The van der Waals surface area contributed by atoms with Crippen molar-refractivity contribution < 1.29 is 8.42 Å². The Balaban J connectivity index is 1.98. The van der Waals surface area contributed by atoms with Crippen LogP contribution in [0, 0.1) is 6.92 Å². The van der Waals surface area contributed by atoms with Crippen molar-refractivity contribution in [3.63, 3.8) is 0 Å². The third-order valence-corrected chi connectivity index (χ3v) is 6.72. The van der Waals surface area contributed by atoms with Crippen molar-refractivity contribution >= 4 is 21.8 Å². The molecule has 21 heavy (non-hydrogen) atoms. The van der Waals surface area contributed by atoms with Gasteiger partial charge in [0.25, 0.3) is 10.0 Å². The number of benzene rings is 1. The summed E-state index contributed by atoms with van der Waals surface area (Å²) >= 11 is 1.65. The lowest BCUT2D eigenvalue weighted by molar-refractivity contribution is 0.432. The van der Waals surface area contributed by atoms with Gasteiger partial charge in [0.15, 0.2) is 5.03 Å². The molecule has 0 N–H and O–H groups in total. The van der Waals surface area contributed by atoms with Crippen LogP contribution in [0.3, 0.4) is 0 Å². The van der Waals surface area contributed by atoms with Crippen molar-refractivity contribution in [2.24, 2.45) is 7.05 Å². The number of sulfonamides is 1. The van der Waals surface area contributed by atoms with E-state index in [0.717, 1.165) is 11.3 Å². The van der Waals surface area contributed by atoms with Crippen LogP contribution < -0.4 is 0 Å².